The molecular weight excluding hydrogens is 390 g/mol. The molecule has 1 heterocycles. The number of amides is 3. The lowest BCUT2D eigenvalue weighted by Crippen LogP contribution is -2.50. The highest BCUT2D eigenvalue weighted by atomic mass is 35.5. The van der Waals surface area contributed by atoms with Gasteiger partial charge < -0.3 is 15.1 Å². The van der Waals surface area contributed by atoms with E-state index in [0.29, 0.717) is 36.8 Å². The Bertz CT molecular complexity index is 880. The van der Waals surface area contributed by atoms with Crippen molar-refractivity contribution in [1.82, 2.24) is 15.1 Å². The Kier molecular flexibility index (Phi) is 6.88. The van der Waals surface area contributed by atoms with Gasteiger partial charge >= 0.3 is 0 Å². The van der Waals surface area contributed by atoms with Crippen molar-refractivity contribution in [2.45, 2.75) is 19.4 Å². The van der Waals surface area contributed by atoms with E-state index >= 15 is 0 Å². The number of carbonyl (C=O) groups is 3. The number of benzene rings is 2. The standard InChI is InChI=1S/C22H24ClN3O3/c1-16(27)25-11-13-26(14-12-25)21(28)15-20(17-7-3-2-4-8-17)24-22(29)18-9-5-6-10-19(18)23/h2-10,20H,11-15H2,1H3,(H,24,29). The Morgan fingerprint density at radius 1 is 0.931 bits per heavy atom. The minimum atomic E-state index is -0.474. The predicted octanol–water partition coefficient (Wildman–Crippen LogP) is 2.89. The summed E-state index contributed by atoms with van der Waals surface area (Å²) in [5, 5.41) is 3.32. The number of halogens is 1. The first-order valence-corrected chi connectivity index (χ1v) is 9.97. The third kappa shape index (κ3) is 5.35. The molecule has 0 saturated carbocycles. The van der Waals surface area contributed by atoms with E-state index in [9.17, 15) is 14.4 Å². The zero-order valence-corrected chi connectivity index (χ0v) is 17.1. The normalized spacial score (nSPS) is 15.0. The summed E-state index contributed by atoms with van der Waals surface area (Å²) in [6.45, 7) is 3.59. The van der Waals surface area contributed by atoms with Gasteiger partial charge in [0.25, 0.3) is 5.91 Å². The van der Waals surface area contributed by atoms with Crippen molar-refractivity contribution in [2.75, 3.05) is 26.2 Å². The first-order valence-electron chi connectivity index (χ1n) is 9.59. The smallest absolute Gasteiger partial charge is 0.253 e. The lowest BCUT2D eigenvalue weighted by Gasteiger charge is -2.35. The van der Waals surface area contributed by atoms with Crippen LogP contribution in [0.2, 0.25) is 5.02 Å². The second-order valence-corrected chi connectivity index (χ2v) is 7.41. The van der Waals surface area contributed by atoms with E-state index in [2.05, 4.69) is 5.32 Å². The number of hydrogen-bond donors (Lipinski definition) is 1. The van der Waals surface area contributed by atoms with Crippen LogP contribution in [-0.4, -0.2) is 53.7 Å². The SMILES string of the molecule is CC(=O)N1CCN(C(=O)CC(NC(=O)c2ccccc2Cl)c2ccccc2)CC1. The average molecular weight is 414 g/mol. The molecule has 6 nitrogen and oxygen atoms in total. The largest absolute Gasteiger partial charge is 0.345 e. The van der Waals surface area contributed by atoms with Crippen LogP contribution in [0.5, 0.6) is 0 Å². The fraction of sp³-hybridized carbons (Fsp3) is 0.318. The van der Waals surface area contributed by atoms with Crippen molar-refractivity contribution < 1.29 is 14.4 Å². The molecule has 1 aliphatic rings. The summed E-state index contributed by atoms with van der Waals surface area (Å²) in [5.41, 5.74) is 1.22. The van der Waals surface area contributed by atoms with Gasteiger partial charge in [-0.05, 0) is 17.7 Å². The van der Waals surface area contributed by atoms with E-state index < -0.39 is 6.04 Å². The molecule has 152 valence electrons. The summed E-state index contributed by atoms with van der Waals surface area (Å²) < 4.78 is 0. The highest BCUT2D eigenvalue weighted by Crippen LogP contribution is 2.21. The van der Waals surface area contributed by atoms with Crippen molar-refractivity contribution in [1.29, 1.82) is 0 Å². The molecule has 1 fully saturated rings. The molecule has 3 rings (SSSR count). The van der Waals surface area contributed by atoms with Gasteiger partial charge in [-0.25, -0.2) is 0 Å². The van der Waals surface area contributed by atoms with Crippen molar-refractivity contribution in [3.8, 4) is 0 Å². The first kappa shape index (κ1) is 20.9. The molecule has 0 aromatic heterocycles. The molecule has 0 bridgehead atoms. The number of nitrogens with one attached hydrogen (secondary N) is 1. The molecule has 29 heavy (non-hydrogen) atoms. The molecule has 1 aliphatic heterocycles. The molecule has 0 aliphatic carbocycles. The number of hydrogen-bond acceptors (Lipinski definition) is 3. The molecule has 1 unspecified atom stereocenters. The summed E-state index contributed by atoms with van der Waals surface area (Å²) >= 11 is 6.15. The number of carbonyl (C=O) groups excluding carboxylic acids is 3. The second kappa shape index (κ2) is 9.56. The molecule has 0 radical (unpaired) electrons. The fourth-order valence-electron chi connectivity index (χ4n) is 3.39. The Labute approximate surface area is 175 Å². The Morgan fingerprint density at radius 3 is 2.14 bits per heavy atom. The van der Waals surface area contributed by atoms with Gasteiger partial charge in [-0.3, -0.25) is 14.4 Å². The van der Waals surface area contributed by atoms with Crippen LogP contribution in [0.15, 0.2) is 54.6 Å². The van der Waals surface area contributed by atoms with Gasteiger partial charge in [-0.1, -0.05) is 54.1 Å². The van der Waals surface area contributed by atoms with E-state index in [0.717, 1.165) is 5.56 Å². The van der Waals surface area contributed by atoms with E-state index in [-0.39, 0.29) is 24.1 Å². The van der Waals surface area contributed by atoms with Crippen LogP contribution in [-0.2, 0) is 9.59 Å². The molecule has 1 N–H and O–H groups in total. The molecule has 1 saturated heterocycles. The lowest BCUT2D eigenvalue weighted by atomic mass is 10.0. The summed E-state index contributed by atoms with van der Waals surface area (Å²) in [4.78, 5) is 40.6. The highest BCUT2D eigenvalue weighted by molar-refractivity contribution is 6.33. The van der Waals surface area contributed by atoms with Crippen LogP contribution in [0.3, 0.4) is 0 Å². The van der Waals surface area contributed by atoms with Crippen LogP contribution in [0.1, 0.15) is 35.3 Å². The van der Waals surface area contributed by atoms with Gasteiger partial charge in [-0.2, -0.15) is 0 Å². The molecule has 7 heteroatoms. The zero-order valence-electron chi connectivity index (χ0n) is 16.3. The first-order chi connectivity index (χ1) is 14.0. The number of nitrogens with zero attached hydrogens (tertiary/aromatic N) is 2. The predicted molar refractivity (Wildman–Crippen MR) is 112 cm³/mol. The van der Waals surface area contributed by atoms with Gasteiger partial charge in [0, 0.05) is 33.1 Å². The molecule has 2 aromatic rings. The number of piperazine rings is 1. The van der Waals surface area contributed by atoms with Gasteiger partial charge in [0.1, 0.15) is 0 Å². The van der Waals surface area contributed by atoms with Gasteiger partial charge in [0.15, 0.2) is 0 Å². The van der Waals surface area contributed by atoms with Crippen LogP contribution < -0.4 is 5.32 Å². The summed E-state index contributed by atoms with van der Waals surface area (Å²) in [6.07, 6.45) is 0.139. The maximum atomic E-state index is 12.9. The quantitative estimate of drug-likeness (QED) is 0.819. The van der Waals surface area contributed by atoms with Crippen LogP contribution in [0.4, 0.5) is 0 Å². The Balaban J connectivity index is 1.71. The second-order valence-electron chi connectivity index (χ2n) is 7.01. The van der Waals surface area contributed by atoms with Crippen molar-refractivity contribution >= 4 is 29.3 Å². The summed E-state index contributed by atoms with van der Waals surface area (Å²) in [5.74, 6) is -0.355. The van der Waals surface area contributed by atoms with Gasteiger partial charge in [-0.15, -0.1) is 0 Å². The topological polar surface area (TPSA) is 69.7 Å². The minimum Gasteiger partial charge on any atom is -0.345 e. The third-order valence-electron chi connectivity index (χ3n) is 5.08. The van der Waals surface area contributed by atoms with Crippen LogP contribution >= 0.6 is 11.6 Å². The monoisotopic (exact) mass is 413 g/mol. The van der Waals surface area contributed by atoms with Crippen molar-refractivity contribution in [2.24, 2.45) is 0 Å². The molecule has 1 atom stereocenters. The average Bonchev–Trinajstić information content (AvgIpc) is 2.74. The molecular formula is C22H24ClN3O3. The Hall–Kier alpha value is -2.86. The van der Waals surface area contributed by atoms with Crippen LogP contribution in [0, 0.1) is 0 Å². The third-order valence-corrected chi connectivity index (χ3v) is 5.41. The lowest BCUT2D eigenvalue weighted by molar-refractivity contribution is -0.138. The maximum absolute atomic E-state index is 12.9. The van der Waals surface area contributed by atoms with E-state index in [1.165, 1.54) is 6.92 Å². The zero-order chi connectivity index (χ0) is 20.8. The summed E-state index contributed by atoms with van der Waals surface area (Å²) in [7, 11) is 0. The number of rotatable bonds is 5. The van der Waals surface area contributed by atoms with Crippen molar-refractivity contribution in [3.05, 3.63) is 70.7 Å². The van der Waals surface area contributed by atoms with E-state index in [1.54, 1.807) is 34.1 Å². The van der Waals surface area contributed by atoms with Crippen LogP contribution in [0.25, 0.3) is 0 Å². The van der Waals surface area contributed by atoms with Crippen molar-refractivity contribution in [3.63, 3.8) is 0 Å². The van der Waals surface area contributed by atoms with E-state index in [1.807, 2.05) is 30.3 Å². The fourth-order valence-corrected chi connectivity index (χ4v) is 3.61. The summed E-state index contributed by atoms with van der Waals surface area (Å²) in [6, 6.07) is 15.8. The van der Waals surface area contributed by atoms with E-state index in [4.69, 9.17) is 11.6 Å². The Morgan fingerprint density at radius 2 is 1.52 bits per heavy atom. The maximum Gasteiger partial charge on any atom is 0.253 e. The molecule has 3 amide bonds. The molecule has 2 aromatic carbocycles. The van der Waals surface area contributed by atoms with Gasteiger partial charge in [0.2, 0.25) is 11.8 Å². The molecule has 0 spiro atoms. The van der Waals surface area contributed by atoms with Gasteiger partial charge in [0.05, 0.1) is 23.0 Å². The highest BCUT2D eigenvalue weighted by Gasteiger charge is 2.26. The minimum absolute atomic E-state index is 0.0197.